The first-order valence-corrected chi connectivity index (χ1v) is 7.88. The van der Waals surface area contributed by atoms with Crippen LogP contribution in [-0.2, 0) is 6.61 Å². The second kappa shape index (κ2) is 5.88. The molecule has 3 heteroatoms. The Morgan fingerprint density at radius 2 is 1.90 bits per heavy atom. The molecule has 2 aromatic carbocycles. The van der Waals surface area contributed by atoms with E-state index in [9.17, 15) is 5.11 Å². The first-order valence-electron chi connectivity index (χ1n) is 7.07. The number of ether oxygens (including phenoxy) is 1. The molecular formula is C18H18O2S. The number of aliphatic hydroxyl groups is 1. The fraction of sp³-hybridized carbons (Fsp3) is 0.222. The zero-order valence-electron chi connectivity index (χ0n) is 12.2. The van der Waals surface area contributed by atoms with Crippen molar-refractivity contribution in [2.45, 2.75) is 26.6 Å². The fourth-order valence-electron chi connectivity index (χ4n) is 2.38. The lowest BCUT2D eigenvalue weighted by Crippen LogP contribution is -2.05. The van der Waals surface area contributed by atoms with Crippen LogP contribution >= 0.6 is 11.3 Å². The second-order valence-electron chi connectivity index (χ2n) is 5.29. The Balaban J connectivity index is 2.10. The van der Waals surface area contributed by atoms with E-state index < -0.39 is 0 Å². The van der Waals surface area contributed by atoms with Gasteiger partial charge < -0.3 is 9.84 Å². The molecule has 0 saturated heterocycles. The van der Waals surface area contributed by atoms with Gasteiger partial charge in [0.1, 0.15) is 5.75 Å². The Morgan fingerprint density at radius 1 is 1.10 bits per heavy atom. The average Bonchev–Trinajstić information content (AvgIpc) is 2.90. The van der Waals surface area contributed by atoms with Gasteiger partial charge in [0.15, 0.2) is 0 Å². The van der Waals surface area contributed by atoms with Crippen molar-refractivity contribution in [1.82, 2.24) is 0 Å². The molecule has 0 saturated carbocycles. The molecule has 2 nitrogen and oxygen atoms in total. The van der Waals surface area contributed by atoms with E-state index in [0.29, 0.717) is 0 Å². The topological polar surface area (TPSA) is 29.5 Å². The standard InChI is InChI=1S/C18H18O2S/c1-12(2)20-15-8-7-14(11-19)16(10-15)18-9-13-5-3-4-6-17(13)21-18/h3-10,12,19H,11H2,1-2H3. The van der Waals surface area contributed by atoms with Gasteiger partial charge in [0, 0.05) is 15.1 Å². The van der Waals surface area contributed by atoms with Gasteiger partial charge in [-0.25, -0.2) is 0 Å². The number of hydrogen-bond donors (Lipinski definition) is 1. The maximum atomic E-state index is 9.59. The van der Waals surface area contributed by atoms with Gasteiger partial charge in [-0.2, -0.15) is 0 Å². The van der Waals surface area contributed by atoms with Crippen LogP contribution in [0, 0.1) is 0 Å². The predicted molar refractivity (Wildman–Crippen MR) is 88.9 cm³/mol. The lowest BCUT2D eigenvalue weighted by molar-refractivity contribution is 0.242. The van der Waals surface area contributed by atoms with Crippen LogP contribution in [-0.4, -0.2) is 11.2 Å². The van der Waals surface area contributed by atoms with E-state index in [2.05, 4.69) is 18.2 Å². The molecule has 0 fully saturated rings. The Morgan fingerprint density at radius 3 is 2.62 bits per heavy atom. The number of hydrogen-bond acceptors (Lipinski definition) is 3. The number of thiophene rings is 1. The molecule has 0 radical (unpaired) electrons. The molecule has 3 rings (SSSR count). The fourth-order valence-corrected chi connectivity index (χ4v) is 3.50. The molecular weight excluding hydrogens is 280 g/mol. The summed E-state index contributed by atoms with van der Waals surface area (Å²) in [5.41, 5.74) is 1.98. The van der Waals surface area contributed by atoms with Crippen LogP contribution in [0.15, 0.2) is 48.5 Å². The van der Waals surface area contributed by atoms with E-state index in [0.717, 1.165) is 21.8 Å². The molecule has 0 bridgehead atoms. The highest BCUT2D eigenvalue weighted by molar-refractivity contribution is 7.22. The summed E-state index contributed by atoms with van der Waals surface area (Å²) in [6.45, 7) is 4.06. The Kier molecular flexibility index (Phi) is 3.95. The Labute approximate surface area is 128 Å². The first kappa shape index (κ1) is 14.1. The lowest BCUT2D eigenvalue weighted by atomic mass is 10.1. The summed E-state index contributed by atoms with van der Waals surface area (Å²) in [5.74, 6) is 0.842. The van der Waals surface area contributed by atoms with E-state index in [-0.39, 0.29) is 12.7 Å². The molecule has 0 spiro atoms. The van der Waals surface area contributed by atoms with Crippen molar-refractivity contribution in [3.63, 3.8) is 0 Å². The highest BCUT2D eigenvalue weighted by Gasteiger charge is 2.10. The maximum Gasteiger partial charge on any atom is 0.120 e. The second-order valence-corrected chi connectivity index (χ2v) is 6.38. The molecule has 0 atom stereocenters. The summed E-state index contributed by atoms with van der Waals surface area (Å²) in [6, 6.07) is 16.4. The third kappa shape index (κ3) is 2.94. The van der Waals surface area contributed by atoms with Gasteiger partial charge in [-0.15, -0.1) is 11.3 Å². The molecule has 1 aromatic heterocycles. The number of rotatable bonds is 4. The van der Waals surface area contributed by atoms with Crippen LogP contribution in [0.25, 0.3) is 20.5 Å². The molecule has 0 aliphatic carbocycles. The van der Waals surface area contributed by atoms with E-state index in [4.69, 9.17) is 4.74 Å². The van der Waals surface area contributed by atoms with Crippen LogP contribution < -0.4 is 4.74 Å². The zero-order valence-corrected chi connectivity index (χ0v) is 13.0. The smallest absolute Gasteiger partial charge is 0.120 e. The van der Waals surface area contributed by atoms with E-state index in [1.807, 2.05) is 44.2 Å². The largest absolute Gasteiger partial charge is 0.491 e. The summed E-state index contributed by atoms with van der Waals surface area (Å²) < 4.78 is 7.03. The Hall–Kier alpha value is -1.84. The lowest BCUT2D eigenvalue weighted by Gasteiger charge is -2.12. The van der Waals surface area contributed by atoms with E-state index >= 15 is 0 Å². The summed E-state index contributed by atoms with van der Waals surface area (Å²) >= 11 is 1.74. The predicted octanol–water partition coefficient (Wildman–Crippen LogP) is 4.85. The van der Waals surface area contributed by atoms with Crippen LogP contribution in [0.2, 0.25) is 0 Å². The van der Waals surface area contributed by atoms with E-state index in [1.165, 1.54) is 10.1 Å². The van der Waals surface area contributed by atoms with Crippen molar-refractivity contribution >= 4 is 21.4 Å². The van der Waals surface area contributed by atoms with Gasteiger partial charge in [-0.05, 0) is 49.1 Å². The van der Waals surface area contributed by atoms with Crippen LogP contribution in [0.5, 0.6) is 5.75 Å². The minimum atomic E-state index is 0.0333. The quantitative estimate of drug-likeness (QED) is 0.746. The summed E-state index contributed by atoms with van der Waals surface area (Å²) in [6.07, 6.45) is 0.139. The monoisotopic (exact) mass is 298 g/mol. The van der Waals surface area contributed by atoms with Gasteiger partial charge in [0.2, 0.25) is 0 Å². The third-order valence-electron chi connectivity index (χ3n) is 3.31. The molecule has 0 amide bonds. The van der Waals surface area contributed by atoms with Gasteiger partial charge in [-0.3, -0.25) is 0 Å². The highest BCUT2D eigenvalue weighted by Crippen LogP contribution is 2.37. The van der Waals surface area contributed by atoms with Crippen LogP contribution in [0.4, 0.5) is 0 Å². The van der Waals surface area contributed by atoms with Crippen molar-refractivity contribution in [3.05, 3.63) is 54.1 Å². The Bertz CT molecular complexity index is 726. The summed E-state index contributed by atoms with van der Waals surface area (Å²) in [4.78, 5) is 1.16. The molecule has 1 N–H and O–H groups in total. The summed E-state index contributed by atoms with van der Waals surface area (Å²) in [7, 11) is 0. The molecule has 0 unspecified atom stereocenters. The van der Waals surface area contributed by atoms with Crippen molar-refractivity contribution in [3.8, 4) is 16.2 Å². The minimum Gasteiger partial charge on any atom is -0.491 e. The summed E-state index contributed by atoms with van der Waals surface area (Å²) in [5, 5.41) is 10.8. The van der Waals surface area contributed by atoms with E-state index in [1.54, 1.807) is 11.3 Å². The molecule has 0 aliphatic rings. The van der Waals surface area contributed by atoms with Crippen LogP contribution in [0.1, 0.15) is 19.4 Å². The number of fused-ring (bicyclic) bond motifs is 1. The van der Waals surface area contributed by atoms with Crippen molar-refractivity contribution < 1.29 is 9.84 Å². The highest BCUT2D eigenvalue weighted by atomic mass is 32.1. The maximum absolute atomic E-state index is 9.59. The number of aliphatic hydroxyl groups excluding tert-OH is 1. The average molecular weight is 298 g/mol. The first-order chi connectivity index (χ1) is 10.2. The van der Waals surface area contributed by atoms with Crippen molar-refractivity contribution in [2.75, 3.05) is 0 Å². The molecule has 0 aliphatic heterocycles. The van der Waals surface area contributed by atoms with Gasteiger partial charge in [0.05, 0.1) is 12.7 Å². The normalized spacial score (nSPS) is 11.2. The molecule has 108 valence electrons. The van der Waals surface area contributed by atoms with Crippen molar-refractivity contribution in [2.24, 2.45) is 0 Å². The minimum absolute atomic E-state index is 0.0333. The molecule has 1 heterocycles. The SMILES string of the molecule is CC(C)Oc1ccc(CO)c(-c2cc3ccccc3s2)c1. The van der Waals surface area contributed by atoms with Gasteiger partial charge in [0.25, 0.3) is 0 Å². The van der Waals surface area contributed by atoms with Gasteiger partial charge >= 0.3 is 0 Å². The molecule has 21 heavy (non-hydrogen) atoms. The third-order valence-corrected chi connectivity index (χ3v) is 4.46. The molecule has 3 aromatic rings. The number of benzene rings is 2. The van der Waals surface area contributed by atoms with Crippen molar-refractivity contribution in [1.29, 1.82) is 0 Å². The zero-order chi connectivity index (χ0) is 14.8. The van der Waals surface area contributed by atoms with Gasteiger partial charge in [-0.1, -0.05) is 24.3 Å². The van der Waals surface area contributed by atoms with Crippen LogP contribution in [0.3, 0.4) is 0 Å².